The number of benzene rings is 2. The summed E-state index contributed by atoms with van der Waals surface area (Å²) in [5, 5.41) is 11.9. The van der Waals surface area contributed by atoms with Gasteiger partial charge in [0.15, 0.2) is 0 Å². The van der Waals surface area contributed by atoms with Gasteiger partial charge >= 0.3 is 12.1 Å². The topological polar surface area (TPSA) is 84.9 Å². The highest BCUT2D eigenvalue weighted by molar-refractivity contribution is 5.81. The first-order valence-corrected chi connectivity index (χ1v) is 9.59. The molecule has 0 bridgehead atoms. The summed E-state index contributed by atoms with van der Waals surface area (Å²) >= 11 is 0. The first kappa shape index (κ1) is 18.5. The van der Waals surface area contributed by atoms with Crippen molar-refractivity contribution >= 4 is 12.1 Å². The van der Waals surface area contributed by atoms with Gasteiger partial charge in [-0.2, -0.15) is 0 Å². The van der Waals surface area contributed by atoms with E-state index in [1.165, 1.54) is 0 Å². The Kier molecular flexibility index (Phi) is 5.30. The zero-order chi connectivity index (χ0) is 19.5. The first-order valence-electron chi connectivity index (χ1n) is 9.59. The first-order chi connectivity index (χ1) is 13.6. The summed E-state index contributed by atoms with van der Waals surface area (Å²) in [5.41, 5.74) is 4.53. The highest BCUT2D eigenvalue weighted by Crippen LogP contribution is 2.44. The van der Waals surface area contributed by atoms with Crippen molar-refractivity contribution in [3.05, 3.63) is 59.7 Å². The average Bonchev–Trinajstić information content (AvgIpc) is 3.32. The SMILES string of the molecule is O=C(NC(C[C@@H]1CCCO1)C(=O)O)OCC1c2ccccc2-c2ccccc21. The van der Waals surface area contributed by atoms with E-state index in [1.807, 2.05) is 36.4 Å². The Bertz CT molecular complexity index is 829. The number of ether oxygens (including phenoxy) is 2. The molecular weight excluding hydrogens is 358 g/mol. The van der Waals surface area contributed by atoms with Crippen molar-refractivity contribution in [3.8, 4) is 11.1 Å². The molecule has 6 heteroatoms. The van der Waals surface area contributed by atoms with E-state index >= 15 is 0 Å². The maximum Gasteiger partial charge on any atom is 0.407 e. The molecular formula is C22H23NO5. The maximum atomic E-state index is 12.3. The number of carboxylic acid groups (broad SMARTS) is 1. The number of aliphatic carboxylic acids is 1. The van der Waals surface area contributed by atoms with Gasteiger partial charge in [0.1, 0.15) is 12.6 Å². The summed E-state index contributed by atoms with van der Waals surface area (Å²) < 4.78 is 10.9. The molecule has 4 rings (SSSR count). The van der Waals surface area contributed by atoms with E-state index in [9.17, 15) is 14.7 Å². The van der Waals surface area contributed by atoms with Crippen LogP contribution < -0.4 is 5.32 Å². The minimum Gasteiger partial charge on any atom is -0.480 e. The summed E-state index contributed by atoms with van der Waals surface area (Å²) in [6, 6.07) is 15.1. The molecule has 1 aliphatic heterocycles. The second-order valence-corrected chi connectivity index (χ2v) is 7.23. The Morgan fingerprint density at radius 3 is 2.32 bits per heavy atom. The lowest BCUT2D eigenvalue weighted by Gasteiger charge is -2.19. The van der Waals surface area contributed by atoms with E-state index in [0.29, 0.717) is 6.61 Å². The van der Waals surface area contributed by atoms with E-state index in [0.717, 1.165) is 35.1 Å². The van der Waals surface area contributed by atoms with Crippen LogP contribution in [0.5, 0.6) is 0 Å². The van der Waals surface area contributed by atoms with E-state index in [2.05, 4.69) is 17.4 Å². The van der Waals surface area contributed by atoms with Crippen LogP contribution in [0.2, 0.25) is 0 Å². The predicted octanol–water partition coefficient (Wildman–Crippen LogP) is 3.55. The Morgan fingerprint density at radius 1 is 1.11 bits per heavy atom. The molecule has 1 unspecified atom stereocenters. The normalized spacial score (nSPS) is 18.9. The molecule has 1 saturated heterocycles. The minimum absolute atomic E-state index is 0.0559. The van der Waals surface area contributed by atoms with Crippen LogP contribution in [-0.4, -0.2) is 42.5 Å². The number of carbonyl (C=O) groups excluding carboxylic acids is 1. The van der Waals surface area contributed by atoms with Gasteiger partial charge in [0.2, 0.25) is 0 Å². The number of amides is 1. The highest BCUT2D eigenvalue weighted by atomic mass is 16.5. The summed E-state index contributed by atoms with van der Waals surface area (Å²) in [6.07, 6.45) is 1.14. The Labute approximate surface area is 163 Å². The number of alkyl carbamates (subject to hydrolysis) is 1. The monoisotopic (exact) mass is 381 g/mol. The molecule has 6 nitrogen and oxygen atoms in total. The van der Waals surface area contributed by atoms with Crippen molar-refractivity contribution in [1.29, 1.82) is 0 Å². The average molecular weight is 381 g/mol. The summed E-state index contributed by atoms with van der Waals surface area (Å²) in [7, 11) is 0. The molecule has 1 aliphatic carbocycles. The third-order valence-corrected chi connectivity index (χ3v) is 5.46. The second-order valence-electron chi connectivity index (χ2n) is 7.23. The van der Waals surface area contributed by atoms with E-state index in [1.54, 1.807) is 0 Å². The van der Waals surface area contributed by atoms with Crippen molar-refractivity contribution in [2.45, 2.75) is 37.3 Å². The predicted molar refractivity (Wildman–Crippen MR) is 103 cm³/mol. The Balaban J connectivity index is 1.41. The van der Waals surface area contributed by atoms with Crippen molar-refractivity contribution < 1.29 is 24.2 Å². The van der Waals surface area contributed by atoms with Crippen LogP contribution in [0, 0.1) is 0 Å². The lowest BCUT2D eigenvalue weighted by Crippen LogP contribution is -2.43. The molecule has 2 aromatic rings. The fourth-order valence-corrected chi connectivity index (χ4v) is 4.10. The second kappa shape index (κ2) is 8.02. The summed E-state index contributed by atoms with van der Waals surface area (Å²) in [6.45, 7) is 0.800. The smallest absolute Gasteiger partial charge is 0.407 e. The van der Waals surface area contributed by atoms with Gasteiger partial charge in [0.25, 0.3) is 0 Å². The van der Waals surface area contributed by atoms with Crippen molar-refractivity contribution in [2.24, 2.45) is 0 Å². The van der Waals surface area contributed by atoms with E-state index in [4.69, 9.17) is 9.47 Å². The molecule has 2 N–H and O–H groups in total. The molecule has 1 fully saturated rings. The number of nitrogens with one attached hydrogen (secondary N) is 1. The van der Waals surface area contributed by atoms with Gasteiger partial charge in [-0.3, -0.25) is 0 Å². The quantitative estimate of drug-likeness (QED) is 0.799. The van der Waals surface area contributed by atoms with Crippen LogP contribution in [0.15, 0.2) is 48.5 Å². The van der Waals surface area contributed by atoms with Crippen LogP contribution in [0.25, 0.3) is 11.1 Å². The number of rotatable bonds is 6. The third-order valence-electron chi connectivity index (χ3n) is 5.46. The molecule has 2 aromatic carbocycles. The van der Waals surface area contributed by atoms with Crippen LogP contribution in [0.3, 0.4) is 0 Å². The van der Waals surface area contributed by atoms with Crippen molar-refractivity contribution in [3.63, 3.8) is 0 Å². The zero-order valence-electron chi connectivity index (χ0n) is 15.5. The standard InChI is InChI=1S/C22H23NO5/c24-21(25)20(12-14-6-5-11-27-14)23-22(26)28-13-19-17-9-3-1-7-15(17)16-8-2-4-10-18(16)19/h1-4,7-10,14,19-20H,5-6,11-13H2,(H,23,26)(H,24,25)/t14-,20?/m0/s1. The molecule has 0 aromatic heterocycles. The molecule has 2 aliphatic rings. The molecule has 146 valence electrons. The molecule has 0 saturated carbocycles. The number of carboxylic acids is 1. The largest absolute Gasteiger partial charge is 0.480 e. The lowest BCUT2D eigenvalue weighted by molar-refractivity contribution is -0.140. The zero-order valence-corrected chi connectivity index (χ0v) is 15.5. The van der Waals surface area contributed by atoms with E-state index in [-0.39, 0.29) is 25.0 Å². The Hall–Kier alpha value is -2.86. The third kappa shape index (κ3) is 3.73. The van der Waals surface area contributed by atoms with Crippen LogP contribution in [0.1, 0.15) is 36.3 Å². The highest BCUT2D eigenvalue weighted by Gasteiger charge is 2.30. The van der Waals surface area contributed by atoms with E-state index < -0.39 is 18.1 Å². The van der Waals surface area contributed by atoms with Crippen molar-refractivity contribution in [2.75, 3.05) is 13.2 Å². The van der Waals surface area contributed by atoms with Crippen LogP contribution >= 0.6 is 0 Å². The van der Waals surface area contributed by atoms with Gasteiger partial charge in [-0.25, -0.2) is 9.59 Å². The number of hydrogen-bond donors (Lipinski definition) is 2. The molecule has 0 spiro atoms. The molecule has 0 radical (unpaired) electrons. The van der Waals surface area contributed by atoms with Gasteiger partial charge in [-0.15, -0.1) is 0 Å². The van der Waals surface area contributed by atoms with Gasteiger partial charge in [-0.05, 0) is 35.1 Å². The summed E-state index contributed by atoms with van der Waals surface area (Å²) in [5.74, 6) is -1.14. The van der Waals surface area contributed by atoms with Gasteiger partial charge < -0.3 is 19.9 Å². The number of carbonyl (C=O) groups is 2. The number of fused-ring (bicyclic) bond motifs is 3. The van der Waals surface area contributed by atoms with Gasteiger partial charge in [-0.1, -0.05) is 48.5 Å². The minimum atomic E-state index is -1.08. The molecule has 1 heterocycles. The lowest BCUT2D eigenvalue weighted by atomic mass is 9.98. The molecule has 2 atom stereocenters. The van der Waals surface area contributed by atoms with Crippen LogP contribution in [0.4, 0.5) is 4.79 Å². The van der Waals surface area contributed by atoms with Gasteiger partial charge in [0.05, 0.1) is 6.10 Å². The fourth-order valence-electron chi connectivity index (χ4n) is 4.10. The molecule has 1 amide bonds. The maximum absolute atomic E-state index is 12.3. The molecule has 28 heavy (non-hydrogen) atoms. The number of hydrogen-bond acceptors (Lipinski definition) is 4. The fraction of sp³-hybridized carbons (Fsp3) is 0.364. The van der Waals surface area contributed by atoms with Crippen molar-refractivity contribution in [1.82, 2.24) is 5.32 Å². The Morgan fingerprint density at radius 2 is 1.75 bits per heavy atom. The van der Waals surface area contributed by atoms with Crippen LogP contribution in [-0.2, 0) is 14.3 Å². The van der Waals surface area contributed by atoms with Gasteiger partial charge in [0, 0.05) is 18.9 Å². The summed E-state index contributed by atoms with van der Waals surface area (Å²) in [4.78, 5) is 23.8.